The number of carbonyl (C=O) groups is 2. The van der Waals surface area contributed by atoms with Crippen LogP contribution < -0.4 is 15.6 Å². The van der Waals surface area contributed by atoms with Crippen molar-refractivity contribution in [3.63, 3.8) is 0 Å². The molecule has 0 aliphatic heterocycles. The lowest BCUT2D eigenvalue weighted by molar-refractivity contribution is 0.0601. The molecular formula is C25H21N3O5. The van der Waals surface area contributed by atoms with E-state index in [2.05, 4.69) is 10.4 Å². The molecule has 0 aliphatic rings. The van der Waals surface area contributed by atoms with Gasteiger partial charge in [-0.05, 0) is 29.8 Å². The lowest BCUT2D eigenvalue weighted by Gasteiger charge is -2.13. The Morgan fingerprint density at radius 1 is 0.939 bits per heavy atom. The van der Waals surface area contributed by atoms with Gasteiger partial charge in [0.25, 0.3) is 11.5 Å². The largest absolute Gasteiger partial charge is 0.497 e. The first kappa shape index (κ1) is 21.8. The van der Waals surface area contributed by atoms with Crippen LogP contribution in [0.5, 0.6) is 5.75 Å². The topological polar surface area (TPSA) is 99.5 Å². The number of aromatic nitrogens is 2. The second-order valence-corrected chi connectivity index (χ2v) is 7.20. The Bertz CT molecular complexity index is 1400. The van der Waals surface area contributed by atoms with Crippen LogP contribution in [0.25, 0.3) is 10.8 Å². The van der Waals surface area contributed by atoms with E-state index in [1.807, 2.05) is 30.3 Å². The monoisotopic (exact) mass is 443 g/mol. The van der Waals surface area contributed by atoms with Gasteiger partial charge in [-0.25, -0.2) is 9.48 Å². The summed E-state index contributed by atoms with van der Waals surface area (Å²) in [4.78, 5) is 38.5. The SMILES string of the molecule is COC(=O)c1cc(OC)ccc1NC(=O)c1nn(Cc2ccccc2)c(=O)c2ccccc12. The summed E-state index contributed by atoms with van der Waals surface area (Å²) in [5.41, 5.74) is 1.00. The van der Waals surface area contributed by atoms with Crippen LogP contribution in [0.3, 0.4) is 0 Å². The number of hydrogen-bond donors (Lipinski definition) is 1. The van der Waals surface area contributed by atoms with Gasteiger partial charge < -0.3 is 14.8 Å². The van der Waals surface area contributed by atoms with Crippen molar-refractivity contribution in [2.24, 2.45) is 0 Å². The van der Waals surface area contributed by atoms with Crippen LogP contribution in [0.15, 0.2) is 77.6 Å². The number of carbonyl (C=O) groups excluding carboxylic acids is 2. The molecule has 8 heteroatoms. The quantitative estimate of drug-likeness (QED) is 0.458. The summed E-state index contributed by atoms with van der Waals surface area (Å²) in [6.07, 6.45) is 0. The lowest BCUT2D eigenvalue weighted by Crippen LogP contribution is -2.28. The summed E-state index contributed by atoms with van der Waals surface area (Å²) in [5, 5.41) is 7.88. The molecule has 1 amide bonds. The van der Waals surface area contributed by atoms with Gasteiger partial charge in [0.05, 0.1) is 37.4 Å². The van der Waals surface area contributed by atoms with E-state index in [9.17, 15) is 14.4 Å². The van der Waals surface area contributed by atoms with Crippen molar-refractivity contribution in [1.29, 1.82) is 0 Å². The highest BCUT2D eigenvalue weighted by Gasteiger charge is 2.20. The Hall–Kier alpha value is -4.46. The van der Waals surface area contributed by atoms with E-state index >= 15 is 0 Å². The van der Waals surface area contributed by atoms with E-state index in [0.29, 0.717) is 16.5 Å². The number of amides is 1. The van der Waals surface area contributed by atoms with E-state index in [0.717, 1.165) is 5.56 Å². The number of nitrogens with zero attached hydrogens (tertiary/aromatic N) is 2. The number of methoxy groups -OCH3 is 2. The summed E-state index contributed by atoms with van der Waals surface area (Å²) in [5.74, 6) is -0.757. The second-order valence-electron chi connectivity index (χ2n) is 7.20. The molecule has 166 valence electrons. The predicted octanol–water partition coefficient (Wildman–Crippen LogP) is 3.49. The third kappa shape index (κ3) is 4.45. The molecule has 0 bridgehead atoms. The van der Waals surface area contributed by atoms with Crippen LogP contribution >= 0.6 is 0 Å². The number of nitrogens with one attached hydrogen (secondary N) is 1. The smallest absolute Gasteiger partial charge is 0.340 e. The molecule has 4 aromatic rings. The first-order valence-corrected chi connectivity index (χ1v) is 10.1. The first-order valence-electron chi connectivity index (χ1n) is 10.1. The fourth-order valence-corrected chi connectivity index (χ4v) is 3.49. The van der Waals surface area contributed by atoms with Crippen LogP contribution in [0.2, 0.25) is 0 Å². The Morgan fingerprint density at radius 2 is 1.64 bits per heavy atom. The molecule has 0 unspecified atom stereocenters. The number of hydrogen-bond acceptors (Lipinski definition) is 6. The van der Waals surface area contributed by atoms with Gasteiger partial charge in [-0.1, -0.05) is 48.5 Å². The number of esters is 1. The molecule has 8 nitrogen and oxygen atoms in total. The minimum Gasteiger partial charge on any atom is -0.497 e. The third-order valence-electron chi connectivity index (χ3n) is 5.14. The Morgan fingerprint density at radius 3 is 2.33 bits per heavy atom. The highest BCUT2D eigenvalue weighted by atomic mass is 16.5. The average Bonchev–Trinajstić information content (AvgIpc) is 2.86. The van der Waals surface area contributed by atoms with E-state index in [-0.39, 0.29) is 29.0 Å². The van der Waals surface area contributed by atoms with Gasteiger partial charge >= 0.3 is 5.97 Å². The second kappa shape index (κ2) is 9.35. The minimum absolute atomic E-state index is 0.0627. The zero-order chi connectivity index (χ0) is 23.4. The molecule has 1 heterocycles. The van der Waals surface area contributed by atoms with Crippen LogP contribution in [0, 0.1) is 0 Å². The van der Waals surface area contributed by atoms with Crippen molar-refractivity contribution in [3.8, 4) is 5.75 Å². The maximum atomic E-state index is 13.3. The molecule has 0 radical (unpaired) electrons. The standard InChI is InChI=1S/C25H21N3O5/c1-32-17-12-13-21(20(14-17)25(31)33-2)26-23(29)22-18-10-6-7-11-19(18)24(30)28(27-22)15-16-8-4-3-5-9-16/h3-14H,15H2,1-2H3,(H,26,29). The van der Waals surface area contributed by atoms with Crippen molar-refractivity contribution >= 4 is 28.3 Å². The van der Waals surface area contributed by atoms with Crippen LogP contribution in [-0.4, -0.2) is 35.9 Å². The van der Waals surface area contributed by atoms with Crippen molar-refractivity contribution < 1.29 is 19.1 Å². The lowest BCUT2D eigenvalue weighted by atomic mass is 10.1. The Kier molecular flexibility index (Phi) is 6.17. The van der Waals surface area contributed by atoms with Gasteiger partial charge in [0.15, 0.2) is 5.69 Å². The Labute approximate surface area is 189 Å². The van der Waals surface area contributed by atoms with Gasteiger partial charge in [-0.2, -0.15) is 5.10 Å². The highest BCUT2D eigenvalue weighted by Crippen LogP contribution is 2.24. The average molecular weight is 443 g/mol. The molecule has 0 fully saturated rings. The van der Waals surface area contributed by atoms with Gasteiger partial charge in [0, 0.05) is 5.39 Å². The maximum Gasteiger partial charge on any atom is 0.340 e. The molecule has 3 aromatic carbocycles. The number of benzene rings is 3. The summed E-state index contributed by atoms with van der Waals surface area (Å²) < 4.78 is 11.3. The molecule has 0 spiro atoms. The fraction of sp³-hybridized carbons (Fsp3) is 0.120. The van der Waals surface area contributed by atoms with Gasteiger partial charge in [-0.15, -0.1) is 0 Å². The molecule has 4 rings (SSSR count). The van der Waals surface area contributed by atoms with Crippen molar-refractivity contribution in [2.45, 2.75) is 6.54 Å². The minimum atomic E-state index is -0.629. The molecule has 1 N–H and O–H groups in total. The van der Waals surface area contributed by atoms with Crippen LogP contribution in [0.4, 0.5) is 5.69 Å². The van der Waals surface area contributed by atoms with Gasteiger partial charge in [0.2, 0.25) is 0 Å². The van der Waals surface area contributed by atoms with Crippen molar-refractivity contribution in [2.75, 3.05) is 19.5 Å². The van der Waals surface area contributed by atoms with Crippen molar-refractivity contribution in [1.82, 2.24) is 9.78 Å². The highest BCUT2D eigenvalue weighted by molar-refractivity contribution is 6.13. The van der Waals surface area contributed by atoms with Crippen molar-refractivity contribution in [3.05, 3.63) is 100.0 Å². The van der Waals surface area contributed by atoms with Crippen LogP contribution in [0.1, 0.15) is 26.4 Å². The fourth-order valence-electron chi connectivity index (χ4n) is 3.49. The number of rotatable bonds is 6. The third-order valence-corrected chi connectivity index (χ3v) is 5.14. The zero-order valence-corrected chi connectivity index (χ0v) is 18.1. The number of anilines is 1. The first-order chi connectivity index (χ1) is 16.0. The zero-order valence-electron chi connectivity index (χ0n) is 18.1. The Balaban J connectivity index is 1.78. The number of ether oxygens (including phenoxy) is 2. The molecule has 0 aliphatic carbocycles. The molecular weight excluding hydrogens is 422 g/mol. The van der Waals surface area contributed by atoms with E-state index < -0.39 is 11.9 Å². The normalized spacial score (nSPS) is 10.6. The van der Waals surface area contributed by atoms with Gasteiger partial charge in [-0.3, -0.25) is 9.59 Å². The predicted molar refractivity (Wildman–Crippen MR) is 124 cm³/mol. The molecule has 33 heavy (non-hydrogen) atoms. The maximum absolute atomic E-state index is 13.3. The molecule has 1 aromatic heterocycles. The summed E-state index contributed by atoms with van der Waals surface area (Å²) in [7, 11) is 2.72. The van der Waals surface area contributed by atoms with Gasteiger partial charge in [0.1, 0.15) is 5.75 Å². The molecule has 0 saturated carbocycles. The van der Waals surface area contributed by atoms with E-state index in [1.54, 1.807) is 36.4 Å². The summed E-state index contributed by atoms with van der Waals surface area (Å²) in [6.45, 7) is 0.209. The molecule has 0 saturated heterocycles. The number of fused-ring (bicyclic) bond motifs is 1. The molecule has 0 atom stereocenters. The summed E-state index contributed by atoms with van der Waals surface area (Å²) in [6, 6.07) is 20.8. The van der Waals surface area contributed by atoms with Crippen LogP contribution in [-0.2, 0) is 11.3 Å². The van der Waals surface area contributed by atoms with E-state index in [4.69, 9.17) is 9.47 Å². The summed E-state index contributed by atoms with van der Waals surface area (Å²) >= 11 is 0. The van der Waals surface area contributed by atoms with E-state index in [1.165, 1.54) is 25.0 Å².